The van der Waals surface area contributed by atoms with Gasteiger partial charge in [0.25, 0.3) is 0 Å². The van der Waals surface area contributed by atoms with Gasteiger partial charge in [-0.15, -0.1) is 0 Å². The van der Waals surface area contributed by atoms with Crippen molar-refractivity contribution < 1.29 is 4.79 Å². The van der Waals surface area contributed by atoms with Gasteiger partial charge in [-0.25, -0.2) is 0 Å². The molecule has 2 heterocycles. The lowest BCUT2D eigenvalue weighted by Crippen LogP contribution is -2.35. The molecule has 0 radical (unpaired) electrons. The van der Waals surface area contributed by atoms with Crippen molar-refractivity contribution in [3.8, 4) is 0 Å². The van der Waals surface area contributed by atoms with Crippen molar-refractivity contribution in [2.75, 3.05) is 18.4 Å². The van der Waals surface area contributed by atoms with Gasteiger partial charge in [0, 0.05) is 47.3 Å². The third kappa shape index (κ3) is 3.07. The zero-order valence-electron chi connectivity index (χ0n) is 13.7. The molecule has 1 aliphatic heterocycles. The van der Waals surface area contributed by atoms with Gasteiger partial charge in [0.15, 0.2) is 0 Å². The van der Waals surface area contributed by atoms with Crippen molar-refractivity contribution >= 4 is 34.1 Å². The average molecular weight is 344 g/mol. The van der Waals surface area contributed by atoms with E-state index in [0.29, 0.717) is 17.0 Å². The van der Waals surface area contributed by atoms with Gasteiger partial charge < -0.3 is 10.2 Å². The molecule has 1 saturated heterocycles. The van der Waals surface area contributed by atoms with Crippen LogP contribution in [0.15, 0.2) is 30.5 Å². The molecule has 1 aromatic carbocycles. The van der Waals surface area contributed by atoms with Gasteiger partial charge in [0.1, 0.15) is 0 Å². The summed E-state index contributed by atoms with van der Waals surface area (Å²) in [6.07, 6.45) is 7.36. The number of fused-ring (bicyclic) bond motifs is 1. The lowest BCUT2D eigenvalue weighted by molar-refractivity contribution is -0.134. The highest BCUT2D eigenvalue weighted by molar-refractivity contribution is 6.31. The van der Waals surface area contributed by atoms with Crippen molar-refractivity contribution in [1.29, 1.82) is 0 Å². The molecule has 0 bridgehead atoms. The number of carbonyl (C=O) groups excluding carboxylic acids is 1. The molecule has 1 amide bonds. The number of hydrogen-bond acceptors (Lipinski definition) is 3. The second-order valence-corrected chi connectivity index (χ2v) is 7.35. The van der Waals surface area contributed by atoms with Crippen LogP contribution in [0.5, 0.6) is 0 Å². The summed E-state index contributed by atoms with van der Waals surface area (Å²) < 4.78 is 0. The topological polar surface area (TPSA) is 45.2 Å². The van der Waals surface area contributed by atoms with E-state index in [-0.39, 0.29) is 5.92 Å². The molecule has 126 valence electrons. The second-order valence-electron chi connectivity index (χ2n) is 6.92. The lowest BCUT2D eigenvalue weighted by Gasteiger charge is -2.21. The van der Waals surface area contributed by atoms with Crippen molar-refractivity contribution in [3.63, 3.8) is 0 Å². The summed E-state index contributed by atoms with van der Waals surface area (Å²) >= 11 is 6.05. The second kappa shape index (κ2) is 6.60. The Hall–Kier alpha value is -1.81. The van der Waals surface area contributed by atoms with Crippen LogP contribution in [-0.4, -0.2) is 34.9 Å². The number of hydrogen-bond donors (Lipinski definition) is 1. The highest BCUT2D eigenvalue weighted by Crippen LogP contribution is 2.29. The first-order chi connectivity index (χ1) is 11.7. The molecule has 2 aliphatic rings. The molecule has 24 heavy (non-hydrogen) atoms. The van der Waals surface area contributed by atoms with Crippen LogP contribution in [0.25, 0.3) is 10.9 Å². The highest BCUT2D eigenvalue weighted by Gasteiger charge is 2.32. The van der Waals surface area contributed by atoms with E-state index < -0.39 is 0 Å². The number of nitrogens with zero attached hydrogens (tertiary/aromatic N) is 2. The van der Waals surface area contributed by atoms with Crippen LogP contribution in [0.1, 0.15) is 32.1 Å². The molecule has 1 unspecified atom stereocenters. The van der Waals surface area contributed by atoms with E-state index in [0.717, 1.165) is 48.9 Å². The molecule has 4 nitrogen and oxygen atoms in total. The van der Waals surface area contributed by atoms with E-state index in [2.05, 4.69) is 10.3 Å². The molecule has 5 heteroatoms. The summed E-state index contributed by atoms with van der Waals surface area (Å²) in [5.74, 6) is 0.635. The maximum atomic E-state index is 12.6. The summed E-state index contributed by atoms with van der Waals surface area (Å²) in [5.41, 5.74) is 1.96. The van der Waals surface area contributed by atoms with Gasteiger partial charge in [0.05, 0.1) is 5.52 Å². The minimum absolute atomic E-state index is 0.271. The molecule has 1 N–H and O–H groups in total. The van der Waals surface area contributed by atoms with E-state index in [9.17, 15) is 4.79 Å². The summed E-state index contributed by atoms with van der Waals surface area (Å²) in [5, 5.41) is 5.37. The van der Waals surface area contributed by atoms with Gasteiger partial charge in [-0.2, -0.15) is 0 Å². The van der Waals surface area contributed by atoms with E-state index in [4.69, 9.17) is 11.6 Å². The molecule has 0 spiro atoms. The Morgan fingerprint density at radius 3 is 2.88 bits per heavy atom. The van der Waals surface area contributed by atoms with Crippen LogP contribution >= 0.6 is 11.6 Å². The van der Waals surface area contributed by atoms with E-state index in [1.54, 1.807) is 6.20 Å². The Morgan fingerprint density at radius 2 is 2.04 bits per heavy atom. The maximum Gasteiger partial charge on any atom is 0.225 e. The quantitative estimate of drug-likeness (QED) is 0.912. The predicted molar refractivity (Wildman–Crippen MR) is 97.3 cm³/mol. The number of likely N-dealkylation sites (tertiary alicyclic amines) is 1. The fourth-order valence-corrected chi connectivity index (χ4v) is 4.14. The molecule has 1 saturated carbocycles. The number of aromatic nitrogens is 1. The van der Waals surface area contributed by atoms with E-state index >= 15 is 0 Å². The van der Waals surface area contributed by atoms with Gasteiger partial charge in [-0.1, -0.05) is 24.4 Å². The Balaban J connectivity index is 1.46. The van der Waals surface area contributed by atoms with Gasteiger partial charge >= 0.3 is 0 Å². The molecular weight excluding hydrogens is 322 g/mol. The molecular formula is C19H22ClN3O. The lowest BCUT2D eigenvalue weighted by atomic mass is 10.1. The number of halogens is 1. The smallest absolute Gasteiger partial charge is 0.225 e. The fourth-order valence-electron chi connectivity index (χ4n) is 3.98. The Kier molecular flexibility index (Phi) is 4.31. The number of anilines is 1. The number of benzene rings is 1. The average Bonchev–Trinajstić information content (AvgIpc) is 3.26. The number of pyridine rings is 1. The maximum absolute atomic E-state index is 12.6. The number of amides is 1. The number of nitrogens with one attached hydrogen (secondary N) is 1. The monoisotopic (exact) mass is 343 g/mol. The molecule has 1 aliphatic carbocycles. The van der Waals surface area contributed by atoms with Crippen LogP contribution in [0.4, 0.5) is 5.69 Å². The Labute approximate surface area is 147 Å². The predicted octanol–water partition coefficient (Wildman–Crippen LogP) is 4.09. The van der Waals surface area contributed by atoms with Crippen LogP contribution in [-0.2, 0) is 4.79 Å². The summed E-state index contributed by atoms with van der Waals surface area (Å²) in [6, 6.07) is 8.08. The van der Waals surface area contributed by atoms with Crippen molar-refractivity contribution in [2.24, 2.45) is 5.92 Å². The van der Waals surface area contributed by atoms with Crippen LogP contribution in [0.3, 0.4) is 0 Å². The highest BCUT2D eigenvalue weighted by atomic mass is 35.5. The molecule has 4 rings (SSSR count). The third-order valence-corrected chi connectivity index (χ3v) is 5.50. The van der Waals surface area contributed by atoms with E-state index in [1.165, 1.54) is 12.8 Å². The zero-order chi connectivity index (χ0) is 16.5. The zero-order valence-corrected chi connectivity index (χ0v) is 14.4. The largest absolute Gasteiger partial charge is 0.380 e. The van der Waals surface area contributed by atoms with E-state index in [1.807, 2.05) is 29.2 Å². The van der Waals surface area contributed by atoms with Crippen molar-refractivity contribution in [2.45, 2.75) is 38.1 Å². The number of rotatable bonds is 3. The first-order valence-corrected chi connectivity index (χ1v) is 9.18. The molecule has 1 aromatic heterocycles. The summed E-state index contributed by atoms with van der Waals surface area (Å²) in [4.78, 5) is 19.0. The minimum atomic E-state index is 0.271. The Bertz CT molecular complexity index is 757. The van der Waals surface area contributed by atoms with Gasteiger partial charge in [-0.3, -0.25) is 9.78 Å². The summed E-state index contributed by atoms with van der Waals surface area (Å²) in [7, 11) is 0. The van der Waals surface area contributed by atoms with Crippen LogP contribution in [0.2, 0.25) is 5.02 Å². The molecule has 2 aromatic rings. The summed E-state index contributed by atoms with van der Waals surface area (Å²) in [6.45, 7) is 1.66. The normalized spacial score (nSPS) is 21.5. The molecule has 1 atom stereocenters. The standard InChI is InChI=1S/C19H22ClN3O/c20-14-5-6-16-17(7-9-21-18(16)11-14)22-15-8-10-23(12-15)19(24)13-3-1-2-4-13/h5-7,9,11,13,15H,1-4,8,10,12H2,(H,21,22). The van der Waals surface area contributed by atoms with Crippen molar-refractivity contribution in [3.05, 3.63) is 35.5 Å². The Morgan fingerprint density at radius 1 is 1.21 bits per heavy atom. The first kappa shape index (κ1) is 15.7. The van der Waals surface area contributed by atoms with Crippen LogP contribution < -0.4 is 5.32 Å². The number of carbonyl (C=O) groups is 1. The third-order valence-electron chi connectivity index (χ3n) is 5.27. The fraction of sp³-hybridized carbons (Fsp3) is 0.474. The first-order valence-electron chi connectivity index (χ1n) is 8.80. The molecule has 2 fully saturated rings. The van der Waals surface area contributed by atoms with Gasteiger partial charge in [-0.05, 0) is 43.5 Å². The van der Waals surface area contributed by atoms with Crippen molar-refractivity contribution in [1.82, 2.24) is 9.88 Å². The SMILES string of the molecule is O=C(C1CCCC1)N1CCC(Nc2ccnc3cc(Cl)ccc23)C1. The van der Waals surface area contributed by atoms with Gasteiger partial charge in [0.2, 0.25) is 5.91 Å². The minimum Gasteiger partial charge on any atom is -0.380 e. The van der Waals surface area contributed by atoms with Crippen LogP contribution in [0, 0.1) is 5.92 Å².